The molecule has 2 amide bonds. The number of nitrogens with zero attached hydrogens (tertiary/aromatic N) is 2. The number of likely N-dealkylation sites (N-methyl/N-ethyl adjacent to an activating group) is 1. The molecule has 1 aliphatic heterocycles. The lowest BCUT2D eigenvalue weighted by Gasteiger charge is -2.25. The van der Waals surface area contributed by atoms with Gasteiger partial charge in [-0.15, -0.1) is 0 Å². The van der Waals surface area contributed by atoms with E-state index in [1.54, 1.807) is 0 Å². The van der Waals surface area contributed by atoms with Crippen LogP contribution in [0.4, 0.5) is 11.4 Å². The lowest BCUT2D eigenvalue weighted by Crippen LogP contribution is -2.35. The Balaban J connectivity index is 1.47. The van der Waals surface area contributed by atoms with Gasteiger partial charge in [-0.25, -0.2) is 0 Å². The first kappa shape index (κ1) is 19.9. The van der Waals surface area contributed by atoms with Gasteiger partial charge in [0.2, 0.25) is 11.8 Å². The molecule has 0 bridgehead atoms. The maximum atomic E-state index is 12.3. The third kappa shape index (κ3) is 4.91. The highest BCUT2D eigenvalue weighted by Crippen LogP contribution is 2.22. The summed E-state index contributed by atoms with van der Waals surface area (Å²) in [5, 5.41) is 3.02. The van der Waals surface area contributed by atoms with Crippen LogP contribution in [-0.2, 0) is 16.0 Å². The number of amides is 2. The van der Waals surface area contributed by atoms with Crippen molar-refractivity contribution < 1.29 is 9.59 Å². The van der Waals surface area contributed by atoms with Gasteiger partial charge in [0.15, 0.2) is 0 Å². The first-order chi connectivity index (χ1) is 13.6. The smallest absolute Gasteiger partial charge is 0.227 e. The zero-order chi connectivity index (χ0) is 19.9. The van der Waals surface area contributed by atoms with Crippen LogP contribution >= 0.6 is 0 Å². The normalized spacial score (nSPS) is 13.6. The summed E-state index contributed by atoms with van der Waals surface area (Å²) in [6.45, 7) is 7.31. The first-order valence-corrected chi connectivity index (χ1v) is 10.0. The summed E-state index contributed by atoms with van der Waals surface area (Å²) >= 11 is 0. The van der Waals surface area contributed by atoms with Gasteiger partial charge in [0.05, 0.1) is 6.42 Å². The largest absolute Gasteiger partial charge is 0.370 e. The molecule has 1 N–H and O–H groups in total. The zero-order valence-corrected chi connectivity index (χ0v) is 16.8. The van der Waals surface area contributed by atoms with Crippen LogP contribution in [0.25, 0.3) is 0 Å². The van der Waals surface area contributed by atoms with Gasteiger partial charge < -0.3 is 15.1 Å². The third-order valence-electron chi connectivity index (χ3n) is 5.23. The zero-order valence-electron chi connectivity index (χ0n) is 16.8. The van der Waals surface area contributed by atoms with Crippen molar-refractivity contribution in [3.05, 3.63) is 59.7 Å². The summed E-state index contributed by atoms with van der Waals surface area (Å²) in [4.78, 5) is 28.2. The molecule has 0 unspecified atom stereocenters. The van der Waals surface area contributed by atoms with E-state index in [4.69, 9.17) is 0 Å². The predicted octanol–water partition coefficient (Wildman–Crippen LogP) is 3.31. The number of carbonyl (C=O) groups excluding carboxylic acids is 2. The van der Waals surface area contributed by atoms with Crippen LogP contribution in [0.1, 0.15) is 30.9 Å². The molecule has 0 saturated carbocycles. The second-order valence-electron chi connectivity index (χ2n) is 7.21. The average Bonchev–Trinajstić information content (AvgIpc) is 3.12. The Bertz CT molecular complexity index is 817. The lowest BCUT2D eigenvalue weighted by atomic mass is 10.1. The highest BCUT2D eigenvalue weighted by atomic mass is 16.2. The Hall–Kier alpha value is -2.82. The standard InChI is InChI=1S/C23H29N3O2/c1-3-25(21-8-5-4-7-18(21)2)16-14-24-22(27)17-19-10-12-20(13-11-19)26-15-6-9-23(26)28/h4-5,7-8,10-13H,3,6,9,14-17H2,1-2H3,(H,24,27). The Kier molecular flexibility index (Phi) is 6.69. The Morgan fingerprint density at radius 3 is 2.54 bits per heavy atom. The van der Waals surface area contributed by atoms with E-state index >= 15 is 0 Å². The lowest BCUT2D eigenvalue weighted by molar-refractivity contribution is -0.120. The Morgan fingerprint density at radius 2 is 1.89 bits per heavy atom. The maximum absolute atomic E-state index is 12.3. The maximum Gasteiger partial charge on any atom is 0.227 e. The van der Waals surface area contributed by atoms with Crippen molar-refractivity contribution in [2.24, 2.45) is 0 Å². The minimum Gasteiger partial charge on any atom is -0.370 e. The van der Waals surface area contributed by atoms with Gasteiger partial charge in [0, 0.05) is 44.0 Å². The van der Waals surface area contributed by atoms with Gasteiger partial charge in [0.1, 0.15) is 0 Å². The summed E-state index contributed by atoms with van der Waals surface area (Å²) in [5.41, 5.74) is 4.33. The van der Waals surface area contributed by atoms with E-state index in [2.05, 4.69) is 36.2 Å². The number of rotatable bonds is 8. The van der Waals surface area contributed by atoms with Crippen molar-refractivity contribution in [3.63, 3.8) is 0 Å². The number of anilines is 2. The van der Waals surface area contributed by atoms with E-state index in [1.165, 1.54) is 11.3 Å². The molecule has 0 atom stereocenters. The average molecular weight is 380 g/mol. The van der Waals surface area contributed by atoms with Crippen molar-refractivity contribution in [1.29, 1.82) is 0 Å². The summed E-state index contributed by atoms with van der Waals surface area (Å²) in [6, 6.07) is 16.1. The summed E-state index contributed by atoms with van der Waals surface area (Å²) in [6.07, 6.45) is 1.90. The van der Waals surface area contributed by atoms with Crippen LogP contribution in [0.3, 0.4) is 0 Å². The van der Waals surface area contributed by atoms with Crippen LogP contribution in [0.15, 0.2) is 48.5 Å². The van der Waals surface area contributed by atoms with Crippen molar-refractivity contribution in [2.45, 2.75) is 33.1 Å². The van der Waals surface area contributed by atoms with Crippen molar-refractivity contribution in [1.82, 2.24) is 5.32 Å². The molecule has 0 spiro atoms. The van der Waals surface area contributed by atoms with Crippen molar-refractivity contribution in [2.75, 3.05) is 36.0 Å². The second-order valence-corrected chi connectivity index (χ2v) is 7.21. The second kappa shape index (κ2) is 9.40. The molecule has 0 radical (unpaired) electrons. The number of para-hydroxylation sites is 1. The molecule has 1 aliphatic rings. The molecular formula is C23H29N3O2. The number of carbonyl (C=O) groups is 2. The molecule has 148 valence electrons. The number of nitrogens with one attached hydrogen (secondary N) is 1. The van der Waals surface area contributed by atoms with Gasteiger partial charge in [-0.3, -0.25) is 9.59 Å². The minimum atomic E-state index is 0.0193. The fraction of sp³-hybridized carbons (Fsp3) is 0.391. The summed E-state index contributed by atoms with van der Waals surface area (Å²) in [5.74, 6) is 0.199. The third-order valence-corrected chi connectivity index (χ3v) is 5.23. The molecule has 3 rings (SSSR count). The Labute approximate surface area is 167 Å². The highest BCUT2D eigenvalue weighted by molar-refractivity contribution is 5.95. The Morgan fingerprint density at radius 1 is 1.14 bits per heavy atom. The fourth-order valence-corrected chi connectivity index (χ4v) is 3.66. The van der Waals surface area contributed by atoms with Crippen LogP contribution in [0.2, 0.25) is 0 Å². The molecule has 2 aromatic rings. The molecule has 5 nitrogen and oxygen atoms in total. The van der Waals surface area contributed by atoms with Crippen LogP contribution < -0.4 is 15.1 Å². The SMILES string of the molecule is CCN(CCNC(=O)Cc1ccc(N2CCCC2=O)cc1)c1ccccc1C. The van der Waals surface area contributed by atoms with E-state index in [0.29, 0.717) is 19.4 Å². The monoisotopic (exact) mass is 379 g/mol. The van der Waals surface area contributed by atoms with Crippen molar-refractivity contribution in [3.8, 4) is 0 Å². The van der Waals surface area contributed by atoms with Gasteiger partial charge in [-0.05, 0) is 49.6 Å². The van der Waals surface area contributed by atoms with Gasteiger partial charge in [-0.2, -0.15) is 0 Å². The molecule has 1 fully saturated rings. The predicted molar refractivity (Wildman–Crippen MR) is 114 cm³/mol. The number of benzene rings is 2. The summed E-state index contributed by atoms with van der Waals surface area (Å²) in [7, 11) is 0. The summed E-state index contributed by atoms with van der Waals surface area (Å²) < 4.78 is 0. The quantitative estimate of drug-likeness (QED) is 0.766. The van der Waals surface area contributed by atoms with Gasteiger partial charge in [-0.1, -0.05) is 30.3 Å². The molecule has 5 heteroatoms. The molecular weight excluding hydrogens is 350 g/mol. The molecule has 2 aromatic carbocycles. The van der Waals surface area contributed by atoms with E-state index in [9.17, 15) is 9.59 Å². The fourth-order valence-electron chi connectivity index (χ4n) is 3.66. The van der Waals surface area contributed by atoms with Crippen LogP contribution in [0.5, 0.6) is 0 Å². The van der Waals surface area contributed by atoms with Gasteiger partial charge in [0.25, 0.3) is 0 Å². The van der Waals surface area contributed by atoms with Crippen LogP contribution in [-0.4, -0.2) is 38.0 Å². The molecule has 1 heterocycles. The molecule has 0 aliphatic carbocycles. The molecule has 0 aromatic heterocycles. The van der Waals surface area contributed by atoms with Crippen molar-refractivity contribution >= 4 is 23.2 Å². The van der Waals surface area contributed by atoms with E-state index in [1.807, 2.05) is 41.3 Å². The topological polar surface area (TPSA) is 52.7 Å². The molecule has 28 heavy (non-hydrogen) atoms. The van der Waals surface area contributed by atoms with Crippen LogP contribution in [0, 0.1) is 6.92 Å². The number of aryl methyl sites for hydroxylation is 1. The van der Waals surface area contributed by atoms with E-state index in [-0.39, 0.29) is 11.8 Å². The van der Waals surface area contributed by atoms with E-state index in [0.717, 1.165) is 37.3 Å². The molecule has 1 saturated heterocycles. The number of hydrogen-bond acceptors (Lipinski definition) is 3. The van der Waals surface area contributed by atoms with E-state index < -0.39 is 0 Å². The number of hydrogen-bond donors (Lipinski definition) is 1. The first-order valence-electron chi connectivity index (χ1n) is 10.0. The van der Waals surface area contributed by atoms with Gasteiger partial charge >= 0.3 is 0 Å². The highest BCUT2D eigenvalue weighted by Gasteiger charge is 2.21. The minimum absolute atomic E-state index is 0.0193.